The van der Waals surface area contributed by atoms with Gasteiger partial charge in [0.05, 0.1) is 12.2 Å². The van der Waals surface area contributed by atoms with Crippen molar-refractivity contribution in [1.82, 2.24) is 10.3 Å². The highest BCUT2D eigenvalue weighted by Gasteiger charge is 2.16. The molecule has 0 saturated carbocycles. The molecule has 2 amide bonds. The molecular weight excluding hydrogens is 306 g/mol. The van der Waals surface area contributed by atoms with E-state index in [9.17, 15) is 9.59 Å². The Bertz CT molecular complexity index is 641. The molecule has 0 bridgehead atoms. The molecule has 7 heteroatoms. The van der Waals surface area contributed by atoms with Gasteiger partial charge in [0.1, 0.15) is 0 Å². The molecule has 112 valence electrons. The topological polar surface area (TPSA) is 71.1 Å². The lowest BCUT2D eigenvalue weighted by molar-refractivity contribution is -0.136. The van der Waals surface area contributed by atoms with Gasteiger partial charge in [-0.05, 0) is 32.4 Å². The second-order valence-electron chi connectivity index (χ2n) is 4.52. The molecule has 0 unspecified atom stereocenters. The van der Waals surface area contributed by atoms with Crippen molar-refractivity contribution in [2.45, 2.75) is 33.7 Å². The van der Waals surface area contributed by atoms with Crippen LogP contribution in [0.5, 0.6) is 0 Å². The average Bonchev–Trinajstić information content (AvgIpc) is 3.03. The van der Waals surface area contributed by atoms with Crippen LogP contribution < -0.4 is 10.6 Å². The normalized spacial score (nSPS) is 10.4. The molecule has 0 atom stereocenters. The van der Waals surface area contributed by atoms with E-state index in [-0.39, 0.29) is 0 Å². The van der Waals surface area contributed by atoms with Crippen LogP contribution in [0, 0.1) is 13.8 Å². The number of carbonyl (C=O) groups is 2. The molecule has 2 heterocycles. The summed E-state index contributed by atoms with van der Waals surface area (Å²) in [6.45, 7) is 6.24. The number of carbonyl (C=O) groups excluding carboxylic acids is 2. The Kier molecular flexibility index (Phi) is 5.08. The van der Waals surface area contributed by atoms with Crippen molar-refractivity contribution in [3.8, 4) is 0 Å². The Morgan fingerprint density at radius 3 is 2.43 bits per heavy atom. The zero-order chi connectivity index (χ0) is 15.4. The number of nitrogens with zero attached hydrogens (tertiary/aromatic N) is 1. The number of hydrogen-bond donors (Lipinski definition) is 2. The third-order valence-corrected chi connectivity index (χ3v) is 5.16. The van der Waals surface area contributed by atoms with Gasteiger partial charge in [-0.25, -0.2) is 4.98 Å². The van der Waals surface area contributed by atoms with Crippen LogP contribution in [0.1, 0.15) is 27.2 Å². The fraction of sp³-hybridized carbons (Fsp3) is 0.357. The maximum absolute atomic E-state index is 11.8. The number of amides is 2. The van der Waals surface area contributed by atoms with E-state index in [1.165, 1.54) is 16.2 Å². The number of aromatic nitrogens is 1. The maximum Gasteiger partial charge on any atom is 0.315 e. The molecule has 2 aromatic heterocycles. The van der Waals surface area contributed by atoms with Crippen LogP contribution in [-0.4, -0.2) is 16.8 Å². The Hall–Kier alpha value is -1.73. The Balaban J connectivity index is 1.86. The first-order chi connectivity index (χ1) is 9.99. The summed E-state index contributed by atoms with van der Waals surface area (Å²) >= 11 is 3.00. The first-order valence-electron chi connectivity index (χ1n) is 6.60. The highest BCUT2D eigenvalue weighted by atomic mass is 32.1. The number of thiazole rings is 1. The molecule has 2 rings (SSSR count). The van der Waals surface area contributed by atoms with Crippen LogP contribution >= 0.6 is 22.7 Å². The van der Waals surface area contributed by atoms with Crippen LogP contribution in [0.15, 0.2) is 12.1 Å². The number of hydrogen-bond acceptors (Lipinski definition) is 5. The van der Waals surface area contributed by atoms with Crippen molar-refractivity contribution in [3.63, 3.8) is 0 Å². The molecular formula is C14H17N3O2S2. The molecule has 0 radical (unpaired) electrons. The van der Waals surface area contributed by atoms with Crippen molar-refractivity contribution in [1.29, 1.82) is 0 Å². The Morgan fingerprint density at radius 2 is 1.86 bits per heavy atom. The van der Waals surface area contributed by atoms with Crippen LogP contribution in [0.2, 0.25) is 0 Å². The summed E-state index contributed by atoms with van der Waals surface area (Å²) in [7, 11) is 0. The van der Waals surface area contributed by atoms with E-state index >= 15 is 0 Å². The lowest BCUT2D eigenvalue weighted by Crippen LogP contribution is -2.34. The summed E-state index contributed by atoms with van der Waals surface area (Å²) in [6, 6.07) is 4.00. The minimum atomic E-state index is -0.684. The molecule has 0 spiro atoms. The van der Waals surface area contributed by atoms with Gasteiger partial charge in [0.2, 0.25) is 0 Å². The second kappa shape index (κ2) is 6.82. The van der Waals surface area contributed by atoms with E-state index in [2.05, 4.69) is 22.5 Å². The van der Waals surface area contributed by atoms with E-state index in [0.29, 0.717) is 11.7 Å². The zero-order valence-corrected chi connectivity index (χ0v) is 13.8. The third kappa shape index (κ3) is 4.12. The van der Waals surface area contributed by atoms with Gasteiger partial charge >= 0.3 is 11.8 Å². The van der Waals surface area contributed by atoms with E-state index < -0.39 is 11.8 Å². The first kappa shape index (κ1) is 15.7. The van der Waals surface area contributed by atoms with E-state index in [0.717, 1.165) is 21.9 Å². The molecule has 5 nitrogen and oxygen atoms in total. The summed E-state index contributed by atoms with van der Waals surface area (Å²) in [5, 5.41) is 5.58. The predicted molar refractivity (Wildman–Crippen MR) is 85.8 cm³/mol. The minimum absolute atomic E-state index is 0.368. The van der Waals surface area contributed by atoms with Gasteiger partial charge in [0, 0.05) is 14.6 Å². The summed E-state index contributed by atoms with van der Waals surface area (Å²) in [4.78, 5) is 31.0. The maximum atomic E-state index is 11.8. The number of aryl methyl sites for hydroxylation is 3. The van der Waals surface area contributed by atoms with Crippen LogP contribution in [-0.2, 0) is 22.6 Å². The van der Waals surface area contributed by atoms with Gasteiger partial charge in [-0.15, -0.1) is 22.7 Å². The fourth-order valence-corrected chi connectivity index (χ4v) is 3.34. The molecule has 2 N–H and O–H groups in total. The molecule has 21 heavy (non-hydrogen) atoms. The van der Waals surface area contributed by atoms with Crippen LogP contribution in [0.3, 0.4) is 0 Å². The highest BCUT2D eigenvalue weighted by Crippen LogP contribution is 2.21. The van der Waals surface area contributed by atoms with Crippen molar-refractivity contribution < 1.29 is 9.59 Å². The molecule has 0 aliphatic carbocycles. The molecule has 0 aliphatic rings. The quantitative estimate of drug-likeness (QED) is 0.850. The second-order valence-corrected chi connectivity index (χ2v) is 6.98. The van der Waals surface area contributed by atoms with Crippen molar-refractivity contribution in [2.24, 2.45) is 0 Å². The standard InChI is InChI=1S/C14H17N3O2S2/c1-4-10-5-6-11(21-10)7-15-12(18)13(19)17-14-16-8(2)9(3)20-14/h5-6H,4,7H2,1-3H3,(H,15,18)(H,16,17,19). The van der Waals surface area contributed by atoms with Gasteiger partial charge in [-0.2, -0.15) is 0 Å². The van der Waals surface area contributed by atoms with Crippen LogP contribution in [0.25, 0.3) is 0 Å². The molecule has 0 aromatic carbocycles. The summed E-state index contributed by atoms with van der Waals surface area (Å²) in [6.07, 6.45) is 0.974. The monoisotopic (exact) mass is 323 g/mol. The van der Waals surface area contributed by atoms with Gasteiger partial charge in [-0.1, -0.05) is 6.92 Å². The molecule has 0 aliphatic heterocycles. The molecule has 0 fully saturated rings. The predicted octanol–water partition coefficient (Wildman–Crippen LogP) is 2.64. The molecule has 2 aromatic rings. The zero-order valence-electron chi connectivity index (χ0n) is 12.1. The number of rotatable bonds is 4. The third-order valence-electron chi connectivity index (χ3n) is 2.94. The van der Waals surface area contributed by atoms with Gasteiger partial charge < -0.3 is 5.32 Å². The Morgan fingerprint density at radius 1 is 1.14 bits per heavy atom. The lowest BCUT2D eigenvalue weighted by Gasteiger charge is -2.03. The minimum Gasteiger partial charge on any atom is -0.343 e. The smallest absolute Gasteiger partial charge is 0.315 e. The van der Waals surface area contributed by atoms with Crippen molar-refractivity contribution in [2.75, 3.05) is 5.32 Å². The van der Waals surface area contributed by atoms with Crippen molar-refractivity contribution >= 4 is 39.6 Å². The van der Waals surface area contributed by atoms with Gasteiger partial charge in [0.25, 0.3) is 0 Å². The van der Waals surface area contributed by atoms with Crippen LogP contribution in [0.4, 0.5) is 5.13 Å². The summed E-state index contributed by atoms with van der Waals surface area (Å²) in [5.41, 5.74) is 0.862. The summed E-state index contributed by atoms with van der Waals surface area (Å²) < 4.78 is 0. The molecule has 0 saturated heterocycles. The van der Waals surface area contributed by atoms with E-state index in [1.807, 2.05) is 26.0 Å². The summed E-state index contributed by atoms with van der Waals surface area (Å²) in [5.74, 6) is -1.33. The van der Waals surface area contributed by atoms with E-state index in [4.69, 9.17) is 0 Å². The highest BCUT2D eigenvalue weighted by molar-refractivity contribution is 7.15. The van der Waals surface area contributed by atoms with Gasteiger partial charge in [-0.3, -0.25) is 14.9 Å². The number of thiophene rings is 1. The first-order valence-corrected chi connectivity index (χ1v) is 8.23. The van der Waals surface area contributed by atoms with Gasteiger partial charge in [0.15, 0.2) is 5.13 Å². The fourth-order valence-electron chi connectivity index (χ4n) is 1.64. The SMILES string of the molecule is CCc1ccc(CNC(=O)C(=O)Nc2nc(C)c(C)s2)s1. The van der Waals surface area contributed by atoms with Crippen molar-refractivity contribution in [3.05, 3.63) is 32.5 Å². The Labute approximate surface area is 131 Å². The number of nitrogens with one attached hydrogen (secondary N) is 2. The lowest BCUT2D eigenvalue weighted by atomic mass is 10.3. The largest absolute Gasteiger partial charge is 0.343 e. The van der Waals surface area contributed by atoms with E-state index in [1.54, 1.807) is 11.3 Å². The number of anilines is 1. The average molecular weight is 323 g/mol.